The lowest BCUT2D eigenvalue weighted by molar-refractivity contribution is -0.139. The van der Waals surface area contributed by atoms with Crippen LogP contribution in [0.25, 0.3) is 0 Å². The third-order valence-electron chi connectivity index (χ3n) is 2.43. The minimum absolute atomic E-state index is 0.211. The molecule has 5 nitrogen and oxygen atoms in total. The van der Waals surface area contributed by atoms with Crippen LogP contribution in [0.1, 0.15) is 12.0 Å². The van der Waals surface area contributed by atoms with Crippen molar-refractivity contribution in [1.29, 1.82) is 0 Å². The van der Waals surface area contributed by atoms with Crippen LogP contribution in [0.15, 0.2) is 30.3 Å². The largest absolute Gasteiger partial charge is 0.480 e. The zero-order chi connectivity index (χ0) is 14.3. The average molecular weight is 303 g/mol. The Kier molecular flexibility index (Phi) is 6.33. The third kappa shape index (κ3) is 6.09. The molecule has 0 aromatic heterocycles. The van der Waals surface area contributed by atoms with Gasteiger partial charge in [-0.25, -0.2) is 13.1 Å². The van der Waals surface area contributed by atoms with E-state index in [4.69, 9.17) is 5.11 Å². The molecule has 0 bridgehead atoms. The first kappa shape index (κ1) is 16.0. The van der Waals surface area contributed by atoms with E-state index >= 15 is 0 Å². The minimum Gasteiger partial charge on any atom is -0.480 e. The summed E-state index contributed by atoms with van der Waals surface area (Å²) in [6.07, 6.45) is 2.11. The predicted molar refractivity (Wildman–Crippen MR) is 76.6 cm³/mol. The summed E-state index contributed by atoms with van der Waals surface area (Å²) < 4.78 is 26.0. The molecular formula is C12H17NO4S2. The standard InChI is InChI=1S/C12H17NO4S2/c1-18-8-7-11(12(14)15)13-19(16,17)9-10-5-3-2-4-6-10/h2-6,11,13H,7-9H2,1H3,(H,14,15)/t11-/m1/s1. The fourth-order valence-corrected chi connectivity index (χ4v) is 3.36. The summed E-state index contributed by atoms with van der Waals surface area (Å²) in [5.41, 5.74) is 0.629. The first-order valence-electron chi connectivity index (χ1n) is 5.70. The van der Waals surface area contributed by atoms with Crippen molar-refractivity contribution in [2.75, 3.05) is 12.0 Å². The molecule has 0 heterocycles. The summed E-state index contributed by atoms with van der Waals surface area (Å²) in [5.74, 6) is -0.771. The summed E-state index contributed by atoms with van der Waals surface area (Å²) >= 11 is 1.48. The highest BCUT2D eigenvalue weighted by molar-refractivity contribution is 7.98. The fourth-order valence-electron chi connectivity index (χ4n) is 1.52. The molecule has 1 aromatic carbocycles. The molecule has 0 spiro atoms. The first-order valence-corrected chi connectivity index (χ1v) is 8.75. The van der Waals surface area contributed by atoms with Crippen LogP contribution in [0.2, 0.25) is 0 Å². The molecule has 2 N–H and O–H groups in total. The molecule has 0 radical (unpaired) electrons. The van der Waals surface area contributed by atoms with Crippen LogP contribution in [0, 0.1) is 0 Å². The zero-order valence-corrected chi connectivity index (χ0v) is 12.2. The Balaban J connectivity index is 2.69. The van der Waals surface area contributed by atoms with Gasteiger partial charge in [0.15, 0.2) is 0 Å². The Hall–Kier alpha value is -1.05. The Morgan fingerprint density at radius 3 is 2.53 bits per heavy atom. The highest BCUT2D eigenvalue weighted by Gasteiger charge is 2.23. The Morgan fingerprint density at radius 2 is 2.00 bits per heavy atom. The van der Waals surface area contributed by atoms with Gasteiger partial charge in [0, 0.05) is 0 Å². The van der Waals surface area contributed by atoms with Gasteiger partial charge in [0.05, 0.1) is 5.75 Å². The van der Waals surface area contributed by atoms with Crippen LogP contribution in [0.3, 0.4) is 0 Å². The summed E-state index contributed by atoms with van der Waals surface area (Å²) in [6.45, 7) is 0. The Morgan fingerprint density at radius 1 is 1.37 bits per heavy atom. The lowest BCUT2D eigenvalue weighted by Crippen LogP contribution is -2.41. The molecule has 0 saturated carbocycles. The van der Waals surface area contributed by atoms with E-state index in [1.807, 2.05) is 6.26 Å². The number of hydrogen-bond acceptors (Lipinski definition) is 4. The molecule has 1 aromatic rings. The van der Waals surface area contributed by atoms with Crippen molar-refractivity contribution in [2.24, 2.45) is 0 Å². The van der Waals surface area contributed by atoms with Gasteiger partial charge in [-0.2, -0.15) is 11.8 Å². The van der Waals surface area contributed by atoms with E-state index in [-0.39, 0.29) is 12.2 Å². The normalized spacial score (nSPS) is 13.1. The van der Waals surface area contributed by atoms with Crippen molar-refractivity contribution in [2.45, 2.75) is 18.2 Å². The van der Waals surface area contributed by atoms with Crippen molar-refractivity contribution >= 4 is 27.8 Å². The number of aliphatic carboxylic acids is 1. The van der Waals surface area contributed by atoms with Gasteiger partial charge in [-0.15, -0.1) is 0 Å². The maximum atomic E-state index is 11.9. The topological polar surface area (TPSA) is 83.5 Å². The smallest absolute Gasteiger partial charge is 0.321 e. The maximum Gasteiger partial charge on any atom is 0.321 e. The van der Waals surface area contributed by atoms with E-state index in [2.05, 4.69) is 4.72 Å². The van der Waals surface area contributed by atoms with Crippen LogP contribution in [-0.4, -0.2) is 37.5 Å². The number of carbonyl (C=O) groups is 1. The molecule has 7 heteroatoms. The van der Waals surface area contributed by atoms with Gasteiger partial charge >= 0.3 is 5.97 Å². The van der Waals surface area contributed by atoms with Gasteiger partial charge in [-0.3, -0.25) is 4.79 Å². The van der Waals surface area contributed by atoms with E-state index in [1.165, 1.54) is 11.8 Å². The lowest BCUT2D eigenvalue weighted by atomic mass is 10.2. The Labute approximate surface area is 117 Å². The number of carboxylic acid groups (broad SMARTS) is 1. The zero-order valence-electron chi connectivity index (χ0n) is 10.6. The molecule has 0 aliphatic rings. The number of sulfonamides is 1. The summed E-state index contributed by atoms with van der Waals surface area (Å²) in [6, 6.07) is 7.59. The number of nitrogens with one attached hydrogen (secondary N) is 1. The summed E-state index contributed by atoms with van der Waals surface area (Å²) in [7, 11) is -3.65. The first-order chi connectivity index (χ1) is 8.94. The molecule has 0 saturated heterocycles. The number of hydrogen-bond donors (Lipinski definition) is 2. The van der Waals surface area contributed by atoms with Crippen LogP contribution in [-0.2, 0) is 20.6 Å². The molecule has 0 unspecified atom stereocenters. The van der Waals surface area contributed by atoms with Crippen LogP contribution < -0.4 is 4.72 Å². The monoisotopic (exact) mass is 303 g/mol. The Bertz CT molecular complexity index is 502. The molecule has 0 aliphatic carbocycles. The van der Waals surface area contributed by atoms with Crippen molar-refractivity contribution < 1.29 is 18.3 Å². The molecule has 1 atom stereocenters. The SMILES string of the molecule is CSCC[C@@H](NS(=O)(=O)Cc1ccccc1)C(=O)O. The highest BCUT2D eigenvalue weighted by Crippen LogP contribution is 2.07. The molecule has 106 valence electrons. The second-order valence-corrected chi connectivity index (χ2v) is 6.77. The minimum atomic E-state index is -3.65. The van der Waals surface area contributed by atoms with E-state index in [1.54, 1.807) is 30.3 Å². The van der Waals surface area contributed by atoms with Gasteiger partial charge in [-0.05, 0) is 24.0 Å². The van der Waals surface area contributed by atoms with Gasteiger partial charge in [0.1, 0.15) is 6.04 Å². The van der Waals surface area contributed by atoms with Crippen molar-refractivity contribution in [3.8, 4) is 0 Å². The third-order valence-corrected chi connectivity index (χ3v) is 4.43. The van der Waals surface area contributed by atoms with Crippen molar-refractivity contribution in [1.82, 2.24) is 4.72 Å². The number of carboxylic acids is 1. The predicted octanol–water partition coefficient (Wildman–Crippen LogP) is 1.31. The maximum absolute atomic E-state index is 11.9. The highest BCUT2D eigenvalue weighted by atomic mass is 32.2. The van der Waals surface area contributed by atoms with Gasteiger partial charge in [0.25, 0.3) is 0 Å². The average Bonchev–Trinajstić information content (AvgIpc) is 2.34. The molecule has 19 heavy (non-hydrogen) atoms. The number of rotatable bonds is 8. The second-order valence-electron chi connectivity index (χ2n) is 4.03. The lowest BCUT2D eigenvalue weighted by Gasteiger charge is -2.14. The van der Waals surface area contributed by atoms with Crippen LogP contribution in [0.4, 0.5) is 0 Å². The van der Waals surface area contributed by atoms with E-state index in [9.17, 15) is 13.2 Å². The summed E-state index contributed by atoms with van der Waals surface area (Å²) in [5, 5.41) is 8.99. The second kappa shape index (κ2) is 7.52. The van der Waals surface area contributed by atoms with E-state index in [0.29, 0.717) is 11.3 Å². The van der Waals surface area contributed by atoms with Crippen molar-refractivity contribution in [3.05, 3.63) is 35.9 Å². The molecule has 0 amide bonds. The van der Waals surface area contributed by atoms with Crippen molar-refractivity contribution in [3.63, 3.8) is 0 Å². The molecule has 1 rings (SSSR count). The number of thioether (sulfide) groups is 1. The fraction of sp³-hybridized carbons (Fsp3) is 0.417. The van der Waals surface area contributed by atoms with Gasteiger partial charge < -0.3 is 5.11 Å². The number of benzene rings is 1. The molecular weight excluding hydrogens is 286 g/mol. The van der Waals surface area contributed by atoms with Gasteiger partial charge in [-0.1, -0.05) is 30.3 Å². The van der Waals surface area contributed by atoms with Crippen LogP contribution >= 0.6 is 11.8 Å². The van der Waals surface area contributed by atoms with E-state index in [0.717, 1.165) is 0 Å². The van der Waals surface area contributed by atoms with Crippen LogP contribution in [0.5, 0.6) is 0 Å². The van der Waals surface area contributed by atoms with Gasteiger partial charge in [0.2, 0.25) is 10.0 Å². The molecule has 0 aliphatic heterocycles. The summed E-state index contributed by atoms with van der Waals surface area (Å²) in [4.78, 5) is 11.0. The van der Waals surface area contributed by atoms with E-state index < -0.39 is 22.0 Å². The quantitative estimate of drug-likeness (QED) is 0.756. The molecule has 0 fully saturated rings.